The molecule has 0 fully saturated rings. The fourth-order valence-electron chi connectivity index (χ4n) is 2.26. The Bertz CT molecular complexity index is 767. The zero-order valence-electron chi connectivity index (χ0n) is 13.4. The number of methoxy groups -OCH3 is 1. The molecule has 0 aliphatic heterocycles. The number of carbonyl (C=O) groups excluding carboxylic acids is 1. The van der Waals surface area contributed by atoms with E-state index in [0.717, 1.165) is 5.56 Å². The van der Waals surface area contributed by atoms with Crippen molar-refractivity contribution in [2.75, 3.05) is 7.11 Å². The summed E-state index contributed by atoms with van der Waals surface area (Å²) in [5.74, 6) is -0.970. The summed E-state index contributed by atoms with van der Waals surface area (Å²) in [4.78, 5) is 24.5. The minimum absolute atomic E-state index is 0.0885. The maximum atomic E-state index is 12.4. The third-order valence-corrected chi connectivity index (χ3v) is 3.38. The number of esters is 1. The summed E-state index contributed by atoms with van der Waals surface area (Å²) >= 11 is 0. The van der Waals surface area contributed by atoms with Crippen LogP contribution in [0.4, 0.5) is 0 Å². The van der Waals surface area contributed by atoms with E-state index < -0.39 is 17.7 Å². The number of aromatic nitrogens is 1. The Morgan fingerprint density at radius 1 is 1.25 bits per heavy atom. The first kappa shape index (κ1) is 17.7. The van der Waals surface area contributed by atoms with Crippen LogP contribution in [-0.2, 0) is 17.9 Å². The molecule has 0 bridgehead atoms. The van der Waals surface area contributed by atoms with E-state index in [9.17, 15) is 19.8 Å². The molecule has 1 aromatic heterocycles. The number of aliphatic hydroxyl groups is 2. The first-order valence-corrected chi connectivity index (χ1v) is 7.29. The van der Waals surface area contributed by atoms with Crippen LogP contribution in [0.25, 0.3) is 0 Å². The number of hydrogen-bond donors (Lipinski definition) is 2. The lowest BCUT2D eigenvalue weighted by Gasteiger charge is -2.18. The van der Waals surface area contributed by atoms with Gasteiger partial charge in [-0.05, 0) is 12.5 Å². The van der Waals surface area contributed by atoms with Gasteiger partial charge in [-0.2, -0.15) is 0 Å². The van der Waals surface area contributed by atoms with Crippen molar-refractivity contribution in [2.24, 2.45) is 0 Å². The lowest BCUT2D eigenvalue weighted by Crippen LogP contribution is -2.26. The molecule has 0 unspecified atom stereocenters. The Balaban J connectivity index is 2.48. The molecular weight excluding hydrogens is 314 g/mol. The predicted octanol–water partition coefficient (Wildman–Crippen LogP) is 0.833. The van der Waals surface area contributed by atoms with Gasteiger partial charge in [-0.1, -0.05) is 30.3 Å². The number of aryl methyl sites for hydroxylation is 1. The molecule has 0 radical (unpaired) electrons. The summed E-state index contributed by atoms with van der Waals surface area (Å²) < 4.78 is 11.5. The molecule has 24 heavy (non-hydrogen) atoms. The summed E-state index contributed by atoms with van der Waals surface area (Å²) in [5, 5.41) is 18.4. The molecule has 0 amide bonds. The lowest BCUT2D eigenvalue weighted by atomic mass is 10.2. The van der Waals surface area contributed by atoms with Gasteiger partial charge < -0.3 is 24.3 Å². The molecule has 1 aromatic carbocycles. The van der Waals surface area contributed by atoms with Gasteiger partial charge in [-0.25, -0.2) is 4.79 Å². The van der Waals surface area contributed by atoms with Gasteiger partial charge in [0.1, 0.15) is 6.61 Å². The molecular formula is C17H19NO6. The molecule has 2 aromatic rings. The maximum Gasteiger partial charge on any atom is 0.358 e. The van der Waals surface area contributed by atoms with Crippen LogP contribution in [0.1, 0.15) is 21.6 Å². The average molecular weight is 333 g/mol. The van der Waals surface area contributed by atoms with Crippen LogP contribution >= 0.6 is 0 Å². The Labute approximate surface area is 138 Å². The first-order chi connectivity index (χ1) is 11.4. The molecule has 7 nitrogen and oxygen atoms in total. The second-order valence-electron chi connectivity index (χ2n) is 5.22. The Kier molecular flexibility index (Phi) is 5.73. The van der Waals surface area contributed by atoms with E-state index in [1.54, 1.807) is 6.92 Å². The zero-order valence-corrected chi connectivity index (χ0v) is 13.4. The predicted molar refractivity (Wildman–Crippen MR) is 85.8 cm³/mol. The van der Waals surface area contributed by atoms with Crippen molar-refractivity contribution in [3.05, 3.63) is 63.6 Å². The van der Waals surface area contributed by atoms with E-state index in [0.29, 0.717) is 5.56 Å². The van der Waals surface area contributed by atoms with Gasteiger partial charge in [0.2, 0.25) is 5.43 Å². The number of pyridine rings is 1. The van der Waals surface area contributed by atoms with Crippen molar-refractivity contribution in [3.8, 4) is 5.75 Å². The topological polar surface area (TPSA) is 98.0 Å². The summed E-state index contributed by atoms with van der Waals surface area (Å²) in [6, 6.07) is 9.16. The first-order valence-electron chi connectivity index (χ1n) is 7.29. The van der Waals surface area contributed by atoms with Crippen LogP contribution in [0.2, 0.25) is 0 Å². The smallest absolute Gasteiger partial charge is 0.358 e. The highest BCUT2D eigenvalue weighted by atomic mass is 16.5. The van der Waals surface area contributed by atoms with Crippen LogP contribution in [0.5, 0.6) is 5.75 Å². The van der Waals surface area contributed by atoms with E-state index in [4.69, 9.17) is 9.47 Å². The van der Waals surface area contributed by atoms with E-state index >= 15 is 0 Å². The Hall–Kier alpha value is -2.64. The van der Waals surface area contributed by atoms with Crippen LogP contribution in [0, 0.1) is 6.92 Å². The summed E-state index contributed by atoms with van der Waals surface area (Å²) in [6.45, 7) is 1.34. The molecule has 128 valence electrons. The standard InChI is InChI=1S/C17H19NO6/c1-11-8-18(9-13(19)20)14(17(22)23-2)16(15(11)21)24-10-12-6-4-3-5-7-12/h3-8,13,19-20H,9-10H2,1-2H3. The molecule has 7 heteroatoms. The number of hydrogen-bond acceptors (Lipinski definition) is 6. The number of nitrogens with zero attached hydrogens (tertiary/aromatic N) is 1. The number of benzene rings is 1. The molecule has 0 saturated carbocycles. The van der Waals surface area contributed by atoms with Gasteiger partial charge in [0.05, 0.1) is 13.7 Å². The van der Waals surface area contributed by atoms with Crippen molar-refractivity contribution >= 4 is 5.97 Å². The summed E-state index contributed by atoms with van der Waals surface area (Å²) in [6.07, 6.45) is -0.332. The van der Waals surface area contributed by atoms with Crippen molar-refractivity contribution in [3.63, 3.8) is 0 Å². The number of ether oxygens (including phenoxy) is 2. The zero-order chi connectivity index (χ0) is 17.7. The fraction of sp³-hybridized carbons (Fsp3) is 0.294. The van der Waals surface area contributed by atoms with Gasteiger partial charge in [-0.3, -0.25) is 4.79 Å². The van der Waals surface area contributed by atoms with Gasteiger partial charge in [0.25, 0.3) is 0 Å². The minimum atomic E-state index is -1.70. The summed E-state index contributed by atoms with van der Waals surface area (Å²) in [5.41, 5.74) is 0.529. The van der Waals surface area contributed by atoms with E-state index in [1.807, 2.05) is 30.3 Å². The van der Waals surface area contributed by atoms with Crippen LogP contribution in [0.3, 0.4) is 0 Å². The minimum Gasteiger partial charge on any atom is -0.482 e. The van der Waals surface area contributed by atoms with E-state index in [1.165, 1.54) is 17.9 Å². The molecule has 0 aliphatic rings. The molecule has 0 spiro atoms. The monoisotopic (exact) mass is 333 g/mol. The van der Waals surface area contributed by atoms with Crippen LogP contribution < -0.4 is 10.2 Å². The molecule has 2 N–H and O–H groups in total. The molecule has 2 rings (SSSR count). The van der Waals surface area contributed by atoms with Gasteiger partial charge >= 0.3 is 5.97 Å². The van der Waals surface area contributed by atoms with Crippen LogP contribution in [0.15, 0.2) is 41.3 Å². The maximum absolute atomic E-state index is 12.4. The second-order valence-corrected chi connectivity index (χ2v) is 5.22. The Morgan fingerprint density at radius 2 is 1.92 bits per heavy atom. The lowest BCUT2D eigenvalue weighted by molar-refractivity contribution is -0.0519. The van der Waals surface area contributed by atoms with E-state index in [2.05, 4.69) is 0 Å². The van der Waals surface area contributed by atoms with Crippen molar-refractivity contribution in [1.82, 2.24) is 4.57 Å². The quantitative estimate of drug-likeness (QED) is 0.600. The normalized spacial score (nSPS) is 10.7. The Morgan fingerprint density at radius 3 is 2.50 bits per heavy atom. The third-order valence-electron chi connectivity index (χ3n) is 3.38. The molecule has 0 atom stereocenters. The van der Waals surface area contributed by atoms with Crippen molar-refractivity contribution < 1.29 is 24.5 Å². The fourth-order valence-corrected chi connectivity index (χ4v) is 2.26. The van der Waals surface area contributed by atoms with Crippen LogP contribution in [-0.4, -0.2) is 34.1 Å². The SMILES string of the molecule is COC(=O)c1c(OCc2ccccc2)c(=O)c(C)cn1CC(O)O. The highest BCUT2D eigenvalue weighted by molar-refractivity contribution is 5.90. The molecule has 1 heterocycles. The number of carbonyl (C=O) groups is 1. The number of rotatable bonds is 6. The van der Waals surface area contributed by atoms with Crippen molar-refractivity contribution in [2.45, 2.75) is 26.4 Å². The van der Waals surface area contributed by atoms with Crippen molar-refractivity contribution in [1.29, 1.82) is 0 Å². The highest BCUT2D eigenvalue weighted by Gasteiger charge is 2.23. The largest absolute Gasteiger partial charge is 0.482 e. The molecule has 0 saturated heterocycles. The van der Waals surface area contributed by atoms with Gasteiger partial charge in [-0.15, -0.1) is 0 Å². The summed E-state index contributed by atoms with van der Waals surface area (Å²) in [7, 11) is 1.17. The molecule has 0 aliphatic carbocycles. The highest BCUT2D eigenvalue weighted by Crippen LogP contribution is 2.18. The number of aliphatic hydroxyl groups excluding tert-OH is 1. The average Bonchev–Trinajstić information content (AvgIpc) is 2.56. The third kappa shape index (κ3) is 4.01. The second kappa shape index (κ2) is 7.76. The van der Waals surface area contributed by atoms with Gasteiger partial charge in [0.15, 0.2) is 17.7 Å². The van der Waals surface area contributed by atoms with E-state index in [-0.39, 0.29) is 24.6 Å². The van der Waals surface area contributed by atoms with Gasteiger partial charge in [0, 0.05) is 11.8 Å².